The van der Waals surface area contributed by atoms with Crippen LogP contribution in [0.3, 0.4) is 0 Å². The first-order chi connectivity index (χ1) is 8.53. The summed E-state index contributed by atoms with van der Waals surface area (Å²) in [5.41, 5.74) is 0. The molecule has 0 amide bonds. The predicted molar refractivity (Wildman–Crippen MR) is 73.6 cm³/mol. The van der Waals surface area contributed by atoms with E-state index in [2.05, 4.69) is 16.8 Å². The molecular formula is C11H28N2O4Si. The van der Waals surface area contributed by atoms with E-state index in [0.717, 1.165) is 25.7 Å². The lowest BCUT2D eigenvalue weighted by Crippen LogP contribution is -2.45. The molecule has 0 aromatic rings. The Hall–Kier alpha value is -0.0231. The Kier molecular flexibility index (Phi) is 9.84. The molecule has 0 aliphatic carbocycles. The minimum absolute atomic E-state index is 0.654. The van der Waals surface area contributed by atoms with Crippen molar-refractivity contribution in [2.24, 2.45) is 0 Å². The van der Waals surface area contributed by atoms with E-state index in [9.17, 15) is 0 Å². The molecule has 6 nitrogen and oxygen atoms in total. The van der Waals surface area contributed by atoms with Gasteiger partial charge in [-0.1, -0.05) is 0 Å². The molecule has 0 bridgehead atoms. The third kappa shape index (κ3) is 6.79. The highest BCUT2D eigenvalue weighted by Gasteiger charge is 2.37. The van der Waals surface area contributed by atoms with E-state index in [0.29, 0.717) is 6.73 Å². The molecule has 0 rings (SSSR count). The van der Waals surface area contributed by atoms with Gasteiger partial charge in [-0.05, 0) is 14.1 Å². The number of rotatable bonds is 11. The lowest BCUT2D eigenvalue weighted by atomic mass is 10.5. The molecule has 0 unspecified atom stereocenters. The van der Waals surface area contributed by atoms with Crippen LogP contribution in [0.4, 0.5) is 0 Å². The number of ether oxygens (including phenoxy) is 1. The molecule has 7 heteroatoms. The van der Waals surface area contributed by atoms with Crippen LogP contribution in [-0.2, 0) is 18.0 Å². The molecule has 0 heterocycles. The van der Waals surface area contributed by atoms with Crippen molar-refractivity contribution in [3.8, 4) is 0 Å². The average molecular weight is 280 g/mol. The van der Waals surface area contributed by atoms with Gasteiger partial charge in [-0.3, -0.25) is 4.90 Å². The van der Waals surface area contributed by atoms with Crippen molar-refractivity contribution in [2.45, 2.75) is 6.04 Å². The van der Waals surface area contributed by atoms with Crippen molar-refractivity contribution < 1.29 is 18.0 Å². The molecule has 18 heavy (non-hydrogen) atoms. The summed E-state index contributed by atoms with van der Waals surface area (Å²) in [6, 6.07) is 0.793. The molecule has 0 atom stereocenters. The standard InChI is InChI=1S/C11H28N2O4Si/c1-12(7-8-13(2)11-14-3)9-10-18(15-4,16-5)17-6/h7-11H2,1-6H3. The highest BCUT2D eigenvalue weighted by molar-refractivity contribution is 6.60. The van der Waals surface area contributed by atoms with Crippen molar-refractivity contribution in [1.82, 2.24) is 9.80 Å². The van der Waals surface area contributed by atoms with Crippen molar-refractivity contribution in [2.75, 3.05) is 68.9 Å². The van der Waals surface area contributed by atoms with Gasteiger partial charge < -0.3 is 22.9 Å². The van der Waals surface area contributed by atoms with E-state index in [1.54, 1.807) is 28.4 Å². The second-order valence-electron chi connectivity index (χ2n) is 4.35. The van der Waals surface area contributed by atoms with Crippen molar-refractivity contribution in [1.29, 1.82) is 0 Å². The van der Waals surface area contributed by atoms with E-state index in [1.807, 2.05) is 7.05 Å². The van der Waals surface area contributed by atoms with Crippen molar-refractivity contribution in [3.63, 3.8) is 0 Å². The van der Waals surface area contributed by atoms with Crippen LogP contribution in [0.15, 0.2) is 0 Å². The Morgan fingerprint density at radius 1 is 0.778 bits per heavy atom. The predicted octanol–water partition coefficient (Wildman–Crippen LogP) is 0.332. The van der Waals surface area contributed by atoms with E-state index in [-0.39, 0.29) is 0 Å². The van der Waals surface area contributed by atoms with Crippen LogP contribution in [0, 0.1) is 0 Å². The quantitative estimate of drug-likeness (QED) is 0.401. The molecule has 0 aromatic heterocycles. The van der Waals surface area contributed by atoms with Gasteiger partial charge in [-0.15, -0.1) is 0 Å². The van der Waals surface area contributed by atoms with Crippen LogP contribution in [0.5, 0.6) is 0 Å². The Balaban J connectivity index is 3.90. The zero-order chi connectivity index (χ0) is 14.0. The van der Waals surface area contributed by atoms with Crippen LogP contribution >= 0.6 is 0 Å². The van der Waals surface area contributed by atoms with Crippen LogP contribution in [0.25, 0.3) is 0 Å². The van der Waals surface area contributed by atoms with E-state index < -0.39 is 8.80 Å². The number of hydrogen-bond acceptors (Lipinski definition) is 6. The highest BCUT2D eigenvalue weighted by Crippen LogP contribution is 2.12. The summed E-state index contributed by atoms with van der Waals surface area (Å²) in [7, 11) is 8.33. The van der Waals surface area contributed by atoms with Gasteiger partial charge in [0.25, 0.3) is 0 Å². The van der Waals surface area contributed by atoms with Gasteiger partial charge in [0.1, 0.15) is 0 Å². The molecule has 0 spiro atoms. The maximum absolute atomic E-state index is 5.39. The SMILES string of the molecule is COCN(C)CCN(C)CC[Si](OC)(OC)OC. The molecular weight excluding hydrogens is 252 g/mol. The van der Waals surface area contributed by atoms with Gasteiger partial charge in [-0.2, -0.15) is 0 Å². The fraction of sp³-hybridized carbons (Fsp3) is 1.00. The molecule has 0 saturated heterocycles. The Labute approximate surface area is 112 Å². The molecule has 0 aliphatic rings. The molecule has 0 aromatic carbocycles. The molecule has 0 saturated carbocycles. The maximum atomic E-state index is 5.39. The average Bonchev–Trinajstić information content (AvgIpc) is 2.39. The molecule has 0 radical (unpaired) electrons. The fourth-order valence-electron chi connectivity index (χ4n) is 1.62. The molecule has 0 aliphatic heterocycles. The molecule has 110 valence electrons. The molecule has 0 fully saturated rings. The van der Waals surface area contributed by atoms with Gasteiger partial charge in [0.2, 0.25) is 0 Å². The zero-order valence-electron chi connectivity index (χ0n) is 12.6. The summed E-state index contributed by atoms with van der Waals surface area (Å²) < 4.78 is 21.2. The van der Waals surface area contributed by atoms with E-state index in [1.165, 1.54) is 0 Å². The third-order valence-electron chi connectivity index (χ3n) is 2.95. The molecule has 0 N–H and O–H groups in total. The lowest BCUT2D eigenvalue weighted by molar-refractivity contribution is 0.0752. The Bertz CT molecular complexity index is 197. The second-order valence-corrected chi connectivity index (χ2v) is 7.44. The summed E-state index contributed by atoms with van der Waals surface area (Å²) in [5.74, 6) is 0. The highest BCUT2D eigenvalue weighted by atomic mass is 28.4. The van der Waals surface area contributed by atoms with Crippen molar-refractivity contribution >= 4 is 8.80 Å². The maximum Gasteiger partial charge on any atom is 0.501 e. The summed E-state index contributed by atoms with van der Waals surface area (Å²) >= 11 is 0. The first-order valence-corrected chi connectivity index (χ1v) is 7.98. The summed E-state index contributed by atoms with van der Waals surface area (Å²) in [6.07, 6.45) is 0. The largest absolute Gasteiger partial charge is 0.501 e. The number of likely N-dealkylation sites (N-methyl/N-ethyl adjacent to an activating group) is 2. The van der Waals surface area contributed by atoms with Crippen LogP contribution < -0.4 is 0 Å². The van der Waals surface area contributed by atoms with Gasteiger partial charge in [0.15, 0.2) is 0 Å². The normalized spacial score (nSPS) is 12.7. The Morgan fingerprint density at radius 3 is 1.72 bits per heavy atom. The first-order valence-electron chi connectivity index (χ1n) is 6.05. The first kappa shape index (κ1) is 18.0. The van der Waals surface area contributed by atoms with Crippen LogP contribution in [-0.4, -0.2) is 87.5 Å². The van der Waals surface area contributed by atoms with Crippen LogP contribution in [0.1, 0.15) is 0 Å². The monoisotopic (exact) mass is 280 g/mol. The summed E-state index contributed by atoms with van der Waals surface area (Å²) in [4.78, 5) is 4.37. The van der Waals surface area contributed by atoms with Gasteiger partial charge in [0.05, 0.1) is 6.73 Å². The second kappa shape index (κ2) is 9.85. The van der Waals surface area contributed by atoms with Gasteiger partial charge in [-0.25, -0.2) is 0 Å². The topological polar surface area (TPSA) is 43.4 Å². The smallest absolute Gasteiger partial charge is 0.377 e. The number of hydrogen-bond donors (Lipinski definition) is 0. The van der Waals surface area contributed by atoms with Crippen molar-refractivity contribution in [3.05, 3.63) is 0 Å². The van der Waals surface area contributed by atoms with E-state index >= 15 is 0 Å². The zero-order valence-corrected chi connectivity index (χ0v) is 13.6. The summed E-state index contributed by atoms with van der Waals surface area (Å²) in [5, 5.41) is 0. The van der Waals surface area contributed by atoms with Gasteiger partial charge >= 0.3 is 8.80 Å². The minimum Gasteiger partial charge on any atom is -0.377 e. The third-order valence-corrected chi connectivity index (χ3v) is 5.65. The number of methoxy groups -OCH3 is 1. The van der Waals surface area contributed by atoms with Gasteiger partial charge in [0, 0.05) is 54.1 Å². The van der Waals surface area contributed by atoms with E-state index in [4.69, 9.17) is 18.0 Å². The Morgan fingerprint density at radius 2 is 1.28 bits per heavy atom. The lowest BCUT2D eigenvalue weighted by Gasteiger charge is -2.27. The fourth-order valence-corrected chi connectivity index (χ4v) is 3.39. The number of nitrogens with zero attached hydrogens (tertiary/aromatic N) is 2. The summed E-state index contributed by atoms with van der Waals surface area (Å²) in [6.45, 7) is 3.48. The minimum atomic E-state index is -2.43. The van der Waals surface area contributed by atoms with Crippen LogP contribution in [0.2, 0.25) is 6.04 Å².